The monoisotopic (exact) mass is 536 g/mol. The van der Waals surface area contributed by atoms with Crippen LogP contribution in [-0.4, -0.2) is 48.0 Å². The highest BCUT2D eigenvalue weighted by Gasteiger charge is 2.07. The fraction of sp³-hybridized carbons (Fsp3) is 0.318. The lowest BCUT2D eigenvalue weighted by Crippen LogP contribution is -2.38. The van der Waals surface area contributed by atoms with Crippen molar-refractivity contribution in [2.75, 3.05) is 27.3 Å². The molecule has 0 spiro atoms. The number of methoxy groups -OCH3 is 2. The van der Waals surface area contributed by atoms with Crippen molar-refractivity contribution < 1.29 is 9.47 Å². The number of nitrogens with one attached hydrogen (secondary N) is 2. The number of ether oxygens (including phenoxy) is 2. The maximum Gasteiger partial charge on any atom is 0.191 e. The van der Waals surface area contributed by atoms with Crippen LogP contribution in [0.3, 0.4) is 0 Å². The Kier molecular flexibility index (Phi) is 10.1. The first-order chi connectivity index (χ1) is 14.7. The van der Waals surface area contributed by atoms with Crippen molar-refractivity contribution in [3.05, 3.63) is 66.2 Å². The van der Waals surface area contributed by atoms with Gasteiger partial charge in [-0.25, -0.2) is 4.99 Å². The first kappa shape index (κ1) is 24.4. The van der Waals surface area contributed by atoms with E-state index in [4.69, 9.17) is 9.47 Å². The lowest BCUT2D eigenvalue weighted by atomic mass is 10.1. The lowest BCUT2D eigenvalue weighted by Gasteiger charge is -2.13. The molecule has 31 heavy (non-hydrogen) atoms. The summed E-state index contributed by atoms with van der Waals surface area (Å²) in [6.45, 7) is 3.96. The number of hydrogen-bond acceptors (Lipinski definition) is 5. The zero-order valence-corrected chi connectivity index (χ0v) is 20.4. The van der Waals surface area contributed by atoms with Gasteiger partial charge in [-0.1, -0.05) is 24.3 Å². The first-order valence-corrected chi connectivity index (χ1v) is 9.92. The average Bonchev–Trinajstić information content (AvgIpc) is 3.26. The third-order valence-corrected chi connectivity index (χ3v) is 4.53. The summed E-state index contributed by atoms with van der Waals surface area (Å²) in [7, 11) is 3.28. The van der Waals surface area contributed by atoms with E-state index >= 15 is 0 Å². The van der Waals surface area contributed by atoms with Crippen LogP contribution in [0.4, 0.5) is 0 Å². The van der Waals surface area contributed by atoms with Gasteiger partial charge in [0.2, 0.25) is 0 Å². The molecular weight excluding hydrogens is 507 g/mol. The Hall–Kier alpha value is -2.82. The highest BCUT2D eigenvalue weighted by atomic mass is 127. The van der Waals surface area contributed by atoms with Crippen molar-refractivity contribution in [3.63, 3.8) is 0 Å². The highest BCUT2D eigenvalue weighted by Crippen LogP contribution is 2.27. The predicted molar refractivity (Wildman–Crippen MR) is 133 cm³/mol. The van der Waals surface area contributed by atoms with Gasteiger partial charge in [0.25, 0.3) is 0 Å². The molecule has 0 unspecified atom stereocenters. The number of aromatic nitrogens is 3. The molecule has 0 amide bonds. The minimum absolute atomic E-state index is 0. The van der Waals surface area contributed by atoms with Crippen molar-refractivity contribution in [3.8, 4) is 17.2 Å². The van der Waals surface area contributed by atoms with Crippen molar-refractivity contribution >= 4 is 29.9 Å². The third kappa shape index (κ3) is 6.84. The van der Waals surface area contributed by atoms with E-state index < -0.39 is 0 Å². The average molecular weight is 536 g/mol. The maximum atomic E-state index is 5.37. The number of nitrogens with zero attached hydrogens (tertiary/aromatic N) is 4. The van der Waals surface area contributed by atoms with Crippen LogP contribution in [0.25, 0.3) is 5.69 Å². The molecule has 8 nitrogen and oxygen atoms in total. The first-order valence-electron chi connectivity index (χ1n) is 9.92. The van der Waals surface area contributed by atoms with Crippen LogP contribution in [0, 0.1) is 0 Å². The molecule has 0 fully saturated rings. The molecule has 0 saturated heterocycles. The molecule has 3 aromatic rings. The van der Waals surface area contributed by atoms with Crippen LogP contribution < -0.4 is 20.1 Å². The maximum absolute atomic E-state index is 5.37. The summed E-state index contributed by atoms with van der Waals surface area (Å²) >= 11 is 0. The molecule has 0 aliphatic rings. The second kappa shape index (κ2) is 12.8. The summed E-state index contributed by atoms with van der Waals surface area (Å²) in [6.07, 6.45) is 2.53. The van der Waals surface area contributed by atoms with Crippen molar-refractivity contribution in [2.45, 2.75) is 19.9 Å². The van der Waals surface area contributed by atoms with Gasteiger partial charge in [0.15, 0.2) is 23.3 Å². The fourth-order valence-corrected chi connectivity index (χ4v) is 3.02. The summed E-state index contributed by atoms with van der Waals surface area (Å²) in [6, 6.07) is 15.9. The van der Waals surface area contributed by atoms with E-state index in [2.05, 4.69) is 25.8 Å². The molecule has 0 saturated carbocycles. The minimum Gasteiger partial charge on any atom is -0.493 e. The van der Waals surface area contributed by atoms with E-state index in [9.17, 15) is 0 Å². The second-order valence-electron chi connectivity index (χ2n) is 6.51. The van der Waals surface area contributed by atoms with Gasteiger partial charge in [-0.05, 0) is 43.2 Å². The molecule has 0 bridgehead atoms. The predicted octanol–water partition coefficient (Wildman–Crippen LogP) is 3.20. The number of benzene rings is 2. The second-order valence-corrected chi connectivity index (χ2v) is 6.51. The van der Waals surface area contributed by atoms with E-state index in [1.807, 2.05) is 60.0 Å². The summed E-state index contributed by atoms with van der Waals surface area (Å²) in [5.74, 6) is 2.97. The highest BCUT2D eigenvalue weighted by molar-refractivity contribution is 14.0. The standard InChI is InChI=1S/C22H28N6O2.HI/c1-4-23-22(24-13-12-17-10-11-19(29-2)20(14-17)30-3)25-15-21-27-26-16-28(21)18-8-6-5-7-9-18;/h5-11,14,16H,4,12-13,15H2,1-3H3,(H2,23,24,25);1H. The van der Waals surface area contributed by atoms with E-state index in [1.165, 1.54) is 0 Å². The Bertz CT molecular complexity index is 962. The molecule has 166 valence electrons. The topological polar surface area (TPSA) is 85.6 Å². The van der Waals surface area contributed by atoms with E-state index in [-0.39, 0.29) is 24.0 Å². The Labute approximate surface area is 200 Å². The molecule has 0 aliphatic heterocycles. The number of para-hydroxylation sites is 1. The third-order valence-electron chi connectivity index (χ3n) is 4.53. The van der Waals surface area contributed by atoms with Gasteiger partial charge < -0.3 is 20.1 Å². The molecule has 3 rings (SSSR count). The van der Waals surface area contributed by atoms with Crippen LogP contribution in [-0.2, 0) is 13.0 Å². The lowest BCUT2D eigenvalue weighted by molar-refractivity contribution is 0.354. The van der Waals surface area contributed by atoms with E-state index in [0.29, 0.717) is 6.54 Å². The van der Waals surface area contributed by atoms with Crippen LogP contribution in [0.5, 0.6) is 11.5 Å². The largest absolute Gasteiger partial charge is 0.493 e. The Morgan fingerprint density at radius 2 is 1.81 bits per heavy atom. The van der Waals surface area contributed by atoms with Crippen LogP contribution in [0.1, 0.15) is 18.3 Å². The fourth-order valence-electron chi connectivity index (χ4n) is 3.02. The Morgan fingerprint density at radius 3 is 2.52 bits per heavy atom. The summed E-state index contributed by atoms with van der Waals surface area (Å²) in [5.41, 5.74) is 2.17. The van der Waals surface area contributed by atoms with Gasteiger partial charge in [-0.15, -0.1) is 34.2 Å². The normalized spacial score (nSPS) is 10.9. The minimum atomic E-state index is 0. The molecule has 2 aromatic carbocycles. The molecule has 0 radical (unpaired) electrons. The van der Waals surface area contributed by atoms with Gasteiger partial charge in [0.1, 0.15) is 12.9 Å². The summed E-state index contributed by atoms with van der Waals surface area (Å²) in [4.78, 5) is 4.66. The molecule has 0 aliphatic carbocycles. The Balaban J connectivity index is 0.00000341. The number of guanidine groups is 1. The number of halogens is 1. The summed E-state index contributed by atoms with van der Waals surface area (Å²) < 4.78 is 12.6. The van der Waals surface area contributed by atoms with Crippen molar-refractivity contribution in [2.24, 2.45) is 4.99 Å². The van der Waals surface area contributed by atoms with Gasteiger partial charge >= 0.3 is 0 Å². The Morgan fingerprint density at radius 1 is 1.03 bits per heavy atom. The van der Waals surface area contributed by atoms with Crippen LogP contribution in [0.15, 0.2) is 59.9 Å². The van der Waals surface area contributed by atoms with E-state index in [1.54, 1.807) is 20.5 Å². The van der Waals surface area contributed by atoms with Crippen LogP contribution in [0.2, 0.25) is 0 Å². The van der Waals surface area contributed by atoms with Crippen molar-refractivity contribution in [1.82, 2.24) is 25.4 Å². The number of hydrogen-bond donors (Lipinski definition) is 2. The zero-order chi connectivity index (χ0) is 21.2. The molecule has 9 heteroatoms. The molecule has 1 aromatic heterocycles. The number of rotatable bonds is 9. The zero-order valence-electron chi connectivity index (χ0n) is 18.0. The number of aliphatic imine (C=N–C) groups is 1. The SMILES string of the molecule is CCNC(=NCc1nncn1-c1ccccc1)NCCc1ccc(OC)c(OC)c1.I. The molecular formula is C22H29IN6O2. The summed E-state index contributed by atoms with van der Waals surface area (Å²) in [5, 5.41) is 14.9. The smallest absolute Gasteiger partial charge is 0.191 e. The molecule has 2 N–H and O–H groups in total. The van der Waals surface area contributed by atoms with Gasteiger partial charge in [-0.2, -0.15) is 0 Å². The van der Waals surface area contributed by atoms with E-state index in [0.717, 1.165) is 54.0 Å². The molecule has 1 heterocycles. The molecule has 0 atom stereocenters. The van der Waals surface area contributed by atoms with Gasteiger partial charge in [-0.3, -0.25) is 4.57 Å². The van der Waals surface area contributed by atoms with Gasteiger partial charge in [0, 0.05) is 18.8 Å². The van der Waals surface area contributed by atoms with Crippen LogP contribution >= 0.6 is 24.0 Å². The quantitative estimate of drug-likeness (QED) is 0.248. The van der Waals surface area contributed by atoms with Crippen molar-refractivity contribution in [1.29, 1.82) is 0 Å². The van der Waals surface area contributed by atoms with Gasteiger partial charge in [0.05, 0.1) is 14.2 Å².